The summed E-state index contributed by atoms with van der Waals surface area (Å²) in [4.78, 5) is 7.30. The molecule has 0 aromatic carbocycles. The normalized spacial score (nSPS) is 23.5. The molecule has 0 saturated carbocycles. The van der Waals surface area contributed by atoms with Crippen LogP contribution < -0.4 is 0 Å². The minimum atomic E-state index is -3.12. The van der Waals surface area contributed by atoms with Crippen LogP contribution in [-0.4, -0.2) is 35.5 Å². The van der Waals surface area contributed by atoms with Crippen LogP contribution in [0.15, 0.2) is 6.20 Å². The summed E-state index contributed by atoms with van der Waals surface area (Å²) in [5.41, 5.74) is 0.963. The zero-order valence-corrected chi connectivity index (χ0v) is 9.71. The fourth-order valence-corrected chi connectivity index (χ4v) is 3.14. The van der Waals surface area contributed by atoms with Crippen molar-refractivity contribution in [1.82, 2.24) is 14.3 Å². The van der Waals surface area contributed by atoms with Crippen molar-refractivity contribution in [2.75, 3.05) is 12.8 Å². The highest BCUT2D eigenvalue weighted by Crippen LogP contribution is 2.31. The van der Waals surface area contributed by atoms with Gasteiger partial charge in [-0.2, -0.15) is 4.31 Å². The van der Waals surface area contributed by atoms with E-state index < -0.39 is 10.0 Å². The van der Waals surface area contributed by atoms with Crippen molar-refractivity contribution in [1.29, 1.82) is 0 Å². The van der Waals surface area contributed by atoms with Crippen molar-refractivity contribution in [3.63, 3.8) is 0 Å². The Bertz CT molecular complexity index is 452. The highest BCUT2D eigenvalue weighted by atomic mass is 32.2. The first kappa shape index (κ1) is 10.6. The third-order valence-electron chi connectivity index (χ3n) is 2.67. The number of aromatic nitrogens is 2. The molecule has 1 saturated heterocycles. The number of H-pyrrole nitrogens is 1. The molecule has 1 aliphatic rings. The summed E-state index contributed by atoms with van der Waals surface area (Å²) in [6.45, 7) is 2.51. The average Bonchev–Trinajstić information content (AvgIpc) is 2.68. The molecule has 1 atom stereocenters. The van der Waals surface area contributed by atoms with Gasteiger partial charge in [-0.3, -0.25) is 0 Å². The lowest BCUT2D eigenvalue weighted by Gasteiger charge is -2.19. The number of hydrogen-bond acceptors (Lipinski definition) is 3. The Hall–Kier alpha value is -0.880. The molecule has 1 fully saturated rings. The van der Waals surface area contributed by atoms with Crippen molar-refractivity contribution >= 4 is 10.0 Å². The predicted molar refractivity (Wildman–Crippen MR) is 56.8 cm³/mol. The molecular weight excluding hydrogens is 214 g/mol. The first-order valence-electron chi connectivity index (χ1n) is 4.97. The number of aryl methyl sites for hydroxylation is 1. The highest BCUT2D eigenvalue weighted by molar-refractivity contribution is 7.88. The van der Waals surface area contributed by atoms with Gasteiger partial charge in [0.1, 0.15) is 5.82 Å². The van der Waals surface area contributed by atoms with E-state index in [0.717, 1.165) is 24.4 Å². The van der Waals surface area contributed by atoms with Crippen LogP contribution in [0.1, 0.15) is 30.4 Å². The van der Waals surface area contributed by atoms with Crippen LogP contribution in [0, 0.1) is 6.92 Å². The van der Waals surface area contributed by atoms with Gasteiger partial charge in [-0.15, -0.1) is 0 Å². The van der Waals surface area contributed by atoms with Gasteiger partial charge in [0.05, 0.1) is 12.3 Å². The van der Waals surface area contributed by atoms with Gasteiger partial charge >= 0.3 is 0 Å². The number of hydrogen-bond donors (Lipinski definition) is 1. The first-order chi connectivity index (χ1) is 6.98. The van der Waals surface area contributed by atoms with E-state index in [9.17, 15) is 8.42 Å². The van der Waals surface area contributed by atoms with Crippen LogP contribution in [0.5, 0.6) is 0 Å². The number of rotatable bonds is 2. The molecule has 2 heterocycles. The molecule has 1 N–H and O–H groups in total. The maximum absolute atomic E-state index is 11.5. The molecule has 2 rings (SSSR count). The van der Waals surface area contributed by atoms with E-state index in [1.54, 1.807) is 6.20 Å². The topological polar surface area (TPSA) is 66.1 Å². The Labute approximate surface area is 89.6 Å². The zero-order chi connectivity index (χ0) is 11.1. The zero-order valence-electron chi connectivity index (χ0n) is 8.90. The third kappa shape index (κ3) is 2.05. The van der Waals surface area contributed by atoms with Gasteiger partial charge in [0.15, 0.2) is 0 Å². The Morgan fingerprint density at radius 2 is 2.33 bits per heavy atom. The van der Waals surface area contributed by atoms with Crippen LogP contribution in [0.3, 0.4) is 0 Å². The average molecular weight is 229 g/mol. The van der Waals surface area contributed by atoms with Gasteiger partial charge in [-0.1, -0.05) is 0 Å². The van der Waals surface area contributed by atoms with Crippen molar-refractivity contribution in [2.45, 2.75) is 25.8 Å². The fourth-order valence-electron chi connectivity index (χ4n) is 2.01. The van der Waals surface area contributed by atoms with Crippen molar-refractivity contribution < 1.29 is 8.42 Å². The summed E-state index contributed by atoms with van der Waals surface area (Å²) in [6.07, 6.45) is 4.73. The smallest absolute Gasteiger partial charge is 0.211 e. The van der Waals surface area contributed by atoms with Gasteiger partial charge in [-0.25, -0.2) is 13.4 Å². The molecule has 84 valence electrons. The minimum absolute atomic E-state index is 0.103. The van der Waals surface area contributed by atoms with Crippen LogP contribution >= 0.6 is 0 Å². The molecule has 5 nitrogen and oxygen atoms in total. The molecule has 0 radical (unpaired) electrons. The Morgan fingerprint density at radius 1 is 1.60 bits per heavy atom. The summed E-state index contributed by atoms with van der Waals surface area (Å²) >= 11 is 0. The Balaban J connectivity index is 2.30. The molecule has 6 heteroatoms. The molecule has 0 spiro atoms. The summed E-state index contributed by atoms with van der Waals surface area (Å²) in [5, 5.41) is 0. The number of nitrogens with zero attached hydrogens (tertiary/aromatic N) is 2. The molecule has 15 heavy (non-hydrogen) atoms. The lowest BCUT2D eigenvalue weighted by atomic mass is 10.2. The van der Waals surface area contributed by atoms with Crippen molar-refractivity contribution in [3.8, 4) is 0 Å². The van der Waals surface area contributed by atoms with Crippen molar-refractivity contribution in [2.24, 2.45) is 0 Å². The summed E-state index contributed by atoms with van der Waals surface area (Å²) in [5.74, 6) is 0.760. The number of imidazole rings is 1. The minimum Gasteiger partial charge on any atom is -0.345 e. The summed E-state index contributed by atoms with van der Waals surface area (Å²) in [7, 11) is -3.12. The van der Waals surface area contributed by atoms with Crippen LogP contribution in [0.4, 0.5) is 0 Å². The number of aromatic amines is 1. The largest absolute Gasteiger partial charge is 0.345 e. The molecule has 0 aliphatic carbocycles. The second kappa shape index (κ2) is 3.61. The fraction of sp³-hybridized carbons (Fsp3) is 0.667. The molecule has 1 aromatic rings. The van der Waals surface area contributed by atoms with E-state index in [4.69, 9.17) is 0 Å². The van der Waals surface area contributed by atoms with Crippen LogP contribution in [0.25, 0.3) is 0 Å². The van der Waals surface area contributed by atoms with E-state index in [1.165, 1.54) is 10.6 Å². The molecule has 1 aromatic heterocycles. The van der Waals surface area contributed by atoms with Crippen LogP contribution in [0.2, 0.25) is 0 Å². The molecule has 1 unspecified atom stereocenters. The van der Waals surface area contributed by atoms with E-state index >= 15 is 0 Å². The second-order valence-electron chi connectivity index (χ2n) is 3.98. The van der Waals surface area contributed by atoms with Gasteiger partial charge in [0.2, 0.25) is 10.0 Å². The maximum Gasteiger partial charge on any atom is 0.211 e. The monoisotopic (exact) mass is 229 g/mol. The van der Waals surface area contributed by atoms with Crippen LogP contribution in [-0.2, 0) is 10.0 Å². The Morgan fingerprint density at radius 3 is 2.87 bits per heavy atom. The highest BCUT2D eigenvalue weighted by Gasteiger charge is 2.34. The van der Waals surface area contributed by atoms with E-state index in [-0.39, 0.29) is 6.04 Å². The van der Waals surface area contributed by atoms with Gasteiger partial charge < -0.3 is 4.98 Å². The number of nitrogens with one attached hydrogen (secondary N) is 1. The maximum atomic E-state index is 11.5. The van der Waals surface area contributed by atoms with Crippen molar-refractivity contribution in [3.05, 3.63) is 17.7 Å². The molecule has 0 bridgehead atoms. The standard InChI is InChI=1S/C9H15N3O2S/c1-7-6-10-9(11-7)8-4-3-5-12(8)15(2,13)14/h6,8H,3-5H2,1-2H3,(H,10,11). The van der Waals surface area contributed by atoms with E-state index in [2.05, 4.69) is 9.97 Å². The first-order valence-corrected chi connectivity index (χ1v) is 6.81. The van der Waals surface area contributed by atoms with Gasteiger partial charge in [0.25, 0.3) is 0 Å². The predicted octanol–water partition coefficient (Wildman–Crippen LogP) is 0.815. The quantitative estimate of drug-likeness (QED) is 0.816. The van der Waals surface area contributed by atoms with E-state index in [1.807, 2.05) is 6.92 Å². The molecular formula is C9H15N3O2S. The SMILES string of the molecule is Cc1cnc(C2CCCN2S(C)(=O)=O)[nH]1. The van der Waals surface area contributed by atoms with Gasteiger partial charge in [0, 0.05) is 18.4 Å². The summed E-state index contributed by atoms with van der Waals surface area (Å²) < 4.78 is 24.5. The second-order valence-corrected chi connectivity index (χ2v) is 5.92. The molecule has 1 aliphatic heterocycles. The summed E-state index contributed by atoms with van der Waals surface area (Å²) in [6, 6.07) is -0.103. The molecule has 0 amide bonds. The number of sulfonamides is 1. The van der Waals surface area contributed by atoms with Gasteiger partial charge in [-0.05, 0) is 19.8 Å². The lowest BCUT2D eigenvalue weighted by molar-refractivity contribution is 0.388. The Kier molecular flexibility index (Phi) is 2.56. The van der Waals surface area contributed by atoms with E-state index in [0.29, 0.717) is 6.54 Å². The third-order valence-corrected chi connectivity index (χ3v) is 3.96. The lowest BCUT2D eigenvalue weighted by Crippen LogP contribution is -2.30.